The zero-order valence-electron chi connectivity index (χ0n) is 9.61. The van der Waals surface area contributed by atoms with E-state index in [2.05, 4.69) is 0 Å². The van der Waals surface area contributed by atoms with E-state index in [0.717, 1.165) is 12.0 Å². The van der Waals surface area contributed by atoms with Crippen LogP contribution in [0.5, 0.6) is 0 Å². The second-order valence-electron chi connectivity index (χ2n) is 4.50. The maximum Gasteiger partial charge on any atom is 0.223 e. The van der Waals surface area contributed by atoms with Crippen molar-refractivity contribution in [3.05, 3.63) is 35.6 Å². The molecule has 0 aromatic heterocycles. The first-order valence-electron chi connectivity index (χ1n) is 5.66. The highest BCUT2D eigenvalue weighted by molar-refractivity contribution is 5.79. The fourth-order valence-electron chi connectivity index (χ4n) is 2.36. The Morgan fingerprint density at radius 1 is 1.31 bits per heavy atom. The molecule has 0 bridgehead atoms. The van der Waals surface area contributed by atoms with Gasteiger partial charge in [-0.25, -0.2) is 4.39 Å². The van der Waals surface area contributed by atoms with Crippen LogP contribution in [-0.4, -0.2) is 16.8 Å². The van der Waals surface area contributed by atoms with E-state index in [1.807, 2.05) is 18.7 Å². The van der Waals surface area contributed by atoms with E-state index >= 15 is 0 Å². The molecule has 0 spiro atoms. The molecule has 1 saturated heterocycles. The zero-order valence-corrected chi connectivity index (χ0v) is 9.61. The topological polar surface area (TPSA) is 20.3 Å². The predicted octanol–water partition coefficient (Wildman–Crippen LogP) is 2.90. The first-order chi connectivity index (χ1) is 7.59. The normalized spacial score (nSPS) is 20.9. The highest BCUT2D eigenvalue weighted by atomic mass is 19.1. The van der Waals surface area contributed by atoms with Crippen molar-refractivity contribution < 1.29 is 9.18 Å². The summed E-state index contributed by atoms with van der Waals surface area (Å²) in [7, 11) is 0. The van der Waals surface area contributed by atoms with Crippen molar-refractivity contribution in [2.24, 2.45) is 0 Å². The van der Waals surface area contributed by atoms with Gasteiger partial charge in [-0.2, -0.15) is 0 Å². The van der Waals surface area contributed by atoms with Gasteiger partial charge >= 0.3 is 0 Å². The number of likely N-dealkylation sites (tertiary alicyclic amines) is 1. The molecule has 3 heteroatoms. The molecular formula is C13H16FNO. The smallest absolute Gasteiger partial charge is 0.223 e. The first kappa shape index (κ1) is 11.1. The molecule has 0 aliphatic carbocycles. The SMILES string of the molecule is CC(C)N1C(=O)CCC1c1ccc(F)cc1. The van der Waals surface area contributed by atoms with Crippen molar-refractivity contribution >= 4 is 5.91 Å². The molecule has 2 nitrogen and oxygen atoms in total. The van der Waals surface area contributed by atoms with Crippen molar-refractivity contribution in [1.29, 1.82) is 0 Å². The van der Waals surface area contributed by atoms with E-state index in [1.54, 1.807) is 12.1 Å². The van der Waals surface area contributed by atoms with Gasteiger partial charge in [-0.1, -0.05) is 12.1 Å². The Morgan fingerprint density at radius 2 is 1.94 bits per heavy atom. The summed E-state index contributed by atoms with van der Waals surface area (Å²) in [5.74, 6) is -0.0338. The summed E-state index contributed by atoms with van der Waals surface area (Å²) in [6, 6.07) is 6.77. The standard InChI is InChI=1S/C13H16FNO/c1-9(2)15-12(7-8-13(15)16)10-3-5-11(14)6-4-10/h3-6,9,12H,7-8H2,1-2H3. The molecule has 1 fully saturated rings. The number of carbonyl (C=O) groups is 1. The predicted molar refractivity (Wildman–Crippen MR) is 60.4 cm³/mol. The van der Waals surface area contributed by atoms with E-state index in [0.29, 0.717) is 6.42 Å². The third-order valence-corrected chi connectivity index (χ3v) is 3.07. The van der Waals surface area contributed by atoms with Gasteiger partial charge < -0.3 is 4.90 Å². The minimum atomic E-state index is -0.232. The van der Waals surface area contributed by atoms with Crippen LogP contribution in [0, 0.1) is 5.82 Å². The van der Waals surface area contributed by atoms with Gasteiger partial charge in [0.25, 0.3) is 0 Å². The fourth-order valence-corrected chi connectivity index (χ4v) is 2.36. The second kappa shape index (κ2) is 4.24. The lowest BCUT2D eigenvalue weighted by Crippen LogP contribution is -2.34. The van der Waals surface area contributed by atoms with Gasteiger partial charge in [-0.3, -0.25) is 4.79 Å². The fraction of sp³-hybridized carbons (Fsp3) is 0.462. The molecule has 1 atom stereocenters. The minimum Gasteiger partial charge on any atom is -0.333 e. The van der Waals surface area contributed by atoms with Crippen molar-refractivity contribution in [2.75, 3.05) is 0 Å². The van der Waals surface area contributed by atoms with E-state index in [1.165, 1.54) is 12.1 Å². The number of nitrogens with zero attached hydrogens (tertiary/aromatic N) is 1. The molecule has 1 aliphatic rings. The molecule has 0 saturated carbocycles. The number of hydrogen-bond acceptors (Lipinski definition) is 1. The molecule has 86 valence electrons. The van der Waals surface area contributed by atoms with Crippen LogP contribution < -0.4 is 0 Å². The van der Waals surface area contributed by atoms with Gasteiger partial charge in [0.1, 0.15) is 5.82 Å². The van der Waals surface area contributed by atoms with Crippen LogP contribution in [-0.2, 0) is 4.79 Å². The maximum absolute atomic E-state index is 12.8. The largest absolute Gasteiger partial charge is 0.333 e. The number of rotatable bonds is 2. The quantitative estimate of drug-likeness (QED) is 0.752. The summed E-state index contributed by atoms with van der Waals surface area (Å²) in [5.41, 5.74) is 1.03. The summed E-state index contributed by atoms with van der Waals surface area (Å²) in [4.78, 5) is 13.6. The molecule has 1 heterocycles. The summed E-state index contributed by atoms with van der Waals surface area (Å²) < 4.78 is 12.8. The maximum atomic E-state index is 12.8. The molecule has 16 heavy (non-hydrogen) atoms. The molecule has 1 aromatic carbocycles. The molecule has 1 amide bonds. The van der Waals surface area contributed by atoms with E-state index in [-0.39, 0.29) is 23.8 Å². The zero-order chi connectivity index (χ0) is 11.7. The summed E-state index contributed by atoms with van der Waals surface area (Å²) in [6.07, 6.45) is 1.43. The Balaban J connectivity index is 2.26. The second-order valence-corrected chi connectivity index (χ2v) is 4.50. The van der Waals surface area contributed by atoms with Crippen molar-refractivity contribution in [1.82, 2.24) is 4.90 Å². The Morgan fingerprint density at radius 3 is 2.50 bits per heavy atom. The average molecular weight is 221 g/mol. The van der Waals surface area contributed by atoms with Crippen LogP contribution in [0.2, 0.25) is 0 Å². The minimum absolute atomic E-state index is 0.119. The first-order valence-corrected chi connectivity index (χ1v) is 5.66. The van der Waals surface area contributed by atoms with Gasteiger partial charge in [0.2, 0.25) is 5.91 Å². The number of hydrogen-bond donors (Lipinski definition) is 0. The van der Waals surface area contributed by atoms with Crippen LogP contribution in [0.1, 0.15) is 38.3 Å². The molecule has 1 aliphatic heterocycles. The summed E-state index contributed by atoms with van der Waals surface area (Å²) in [6.45, 7) is 4.03. The van der Waals surface area contributed by atoms with Gasteiger partial charge in [-0.05, 0) is 38.0 Å². The number of amides is 1. The van der Waals surface area contributed by atoms with Crippen LogP contribution in [0.15, 0.2) is 24.3 Å². The average Bonchev–Trinajstić information content (AvgIpc) is 2.61. The van der Waals surface area contributed by atoms with Gasteiger partial charge in [0.15, 0.2) is 0 Å². The van der Waals surface area contributed by atoms with E-state index in [4.69, 9.17) is 0 Å². The van der Waals surface area contributed by atoms with Crippen LogP contribution in [0.4, 0.5) is 4.39 Å². The summed E-state index contributed by atoms with van der Waals surface area (Å²) >= 11 is 0. The molecule has 0 N–H and O–H groups in total. The number of benzene rings is 1. The van der Waals surface area contributed by atoms with Crippen molar-refractivity contribution in [2.45, 2.75) is 38.8 Å². The van der Waals surface area contributed by atoms with E-state index in [9.17, 15) is 9.18 Å². The molecule has 1 unspecified atom stereocenters. The Bertz CT molecular complexity index is 385. The Labute approximate surface area is 95.1 Å². The van der Waals surface area contributed by atoms with Crippen molar-refractivity contribution in [3.8, 4) is 0 Å². The lowest BCUT2D eigenvalue weighted by Gasteiger charge is -2.29. The molecule has 2 rings (SSSR count). The van der Waals surface area contributed by atoms with E-state index < -0.39 is 0 Å². The number of carbonyl (C=O) groups excluding carboxylic acids is 1. The van der Waals surface area contributed by atoms with Crippen LogP contribution in [0.25, 0.3) is 0 Å². The molecule has 1 aromatic rings. The van der Waals surface area contributed by atoms with Crippen LogP contribution >= 0.6 is 0 Å². The Kier molecular flexibility index (Phi) is 2.95. The monoisotopic (exact) mass is 221 g/mol. The lowest BCUT2D eigenvalue weighted by atomic mass is 10.0. The highest BCUT2D eigenvalue weighted by Gasteiger charge is 2.33. The molecular weight excluding hydrogens is 205 g/mol. The summed E-state index contributed by atoms with van der Waals surface area (Å²) in [5, 5.41) is 0. The molecule has 0 radical (unpaired) electrons. The van der Waals surface area contributed by atoms with Crippen LogP contribution in [0.3, 0.4) is 0 Å². The lowest BCUT2D eigenvalue weighted by molar-refractivity contribution is -0.130. The Hall–Kier alpha value is -1.38. The third kappa shape index (κ3) is 1.94. The highest BCUT2D eigenvalue weighted by Crippen LogP contribution is 2.34. The van der Waals surface area contributed by atoms with Crippen molar-refractivity contribution in [3.63, 3.8) is 0 Å². The third-order valence-electron chi connectivity index (χ3n) is 3.07. The van der Waals surface area contributed by atoms with Gasteiger partial charge in [0, 0.05) is 12.5 Å². The van der Waals surface area contributed by atoms with Gasteiger partial charge in [0.05, 0.1) is 6.04 Å². The van der Waals surface area contributed by atoms with Gasteiger partial charge in [-0.15, -0.1) is 0 Å². The number of halogens is 1.